The van der Waals surface area contributed by atoms with Gasteiger partial charge in [-0.05, 0) is 24.1 Å². The van der Waals surface area contributed by atoms with Crippen LogP contribution in [0.15, 0.2) is 30.3 Å². The highest BCUT2D eigenvalue weighted by Crippen LogP contribution is 2.28. The van der Waals surface area contributed by atoms with E-state index in [0.29, 0.717) is 0 Å². The van der Waals surface area contributed by atoms with Crippen molar-refractivity contribution in [3.8, 4) is 6.07 Å². The van der Waals surface area contributed by atoms with Gasteiger partial charge in [0.05, 0.1) is 6.07 Å². The molecule has 1 aliphatic heterocycles. The van der Waals surface area contributed by atoms with E-state index in [0.717, 1.165) is 13.0 Å². The van der Waals surface area contributed by atoms with E-state index < -0.39 is 0 Å². The predicted molar refractivity (Wildman–Crippen MR) is 71.7 cm³/mol. The zero-order chi connectivity index (χ0) is 12.1. The molecular formula is C15H18N2. The molecule has 1 aliphatic rings. The number of para-hydroxylation sites is 1. The first-order chi connectivity index (χ1) is 8.36. The summed E-state index contributed by atoms with van der Waals surface area (Å²) in [6.45, 7) is 3.17. The van der Waals surface area contributed by atoms with Crippen molar-refractivity contribution in [2.24, 2.45) is 0 Å². The van der Waals surface area contributed by atoms with Crippen molar-refractivity contribution >= 4 is 11.8 Å². The maximum atomic E-state index is 9.20. The van der Waals surface area contributed by atoms with Gasteiger partial charge in [-0.25, -0.2) is 0 Å². The molecular weight excluding hydrogens is 208 g/mol. The minimum absolute atomic E-state index is 0.109. The molecule has 0 spiro atoms. The van der Waals surface area contributed by atoms with Crippen LogP contribution in [0.1, 0.15) is 31.7 Å². The Hall–Kier alpha value is -1.75. The monoisotopic (exact) mass is 226 g/mol. The van der Waals surface area contributed by atoms with Crippen LogP contribution in [0.3, 0.4) is 0 Å². The summed E-state index contributed by atoms with van der Waals surface area (Å²) >= 11 is 0. The van der Waals surface area contributed by atoms with E-state index in [1.807, 2.05) is 18.2 Å². The van der Waals surface area contributed by atoms with Crippen molar-refractivity contribution in [2.75, 3.05) is 11.4 Å². The van der Waals surface area contributed by atoms with Gasteiger partial charge in [0.25, 0.3) is 0 Å². The van der Waals surface area contributed by atoms with Crippen LogP contribution in [0.2, 0.25) is 0 Å². The molecule has 1 unspecified atom stereocenters. The Kier molecular flexibility index (Phi) is 3.82. The lowest BCUT2D eigenvalue weighted by Gasteiger charge is -2.32. The van der Waals surface area contributed by atoms with Gasteiger partial charge in [0.1, 0.15) is 6.04 Å². The van der Waals surface area contributed by atoms with Gasteiger partial charge in [0.2, 0.25) is 0 Å². The molecule has 0 N–H and O–H groups in total. The fraction of sp³-hybridized carbons (Fsp3) is 0.400. The van der Waals surface area contributed by atoms with Gasteiger partial charge in [-0.15, -0.1) is 0 Å². The van der Waals surface area contributed by atoms with Crippen LogP contribution < -0.4 is 4.90 Å². The number of nitrogens with zero attached hydrogens (tertiary/aromatic N) is 2. The number of anilines is 1. The number of hydrogen-bond donors (Lipinski definition) is 0. The van der Waals surface area contributed by atoms with Gasteiger partial charge < -0.3 is 4.90 Å². The number of hydrogen-bond acceptors (Lipinski definition) is 2. The first-order valence-corrected chi connectivity index (χ1v) is 6.30. The molecule has 0 amide bonds. The van der Waals surface area contributed by atoms with E-state index in [4.69, 9.17) is 0 Å². The lowest BCUT2D eigenvalue weighted by atomic mass is 10.0. The third-order valence-corrected chi connectivity index (χ3v) is 3.17. The highest BCUT2D eigenvalue weighted by molar-refractivity contribution is 5.73. The van der Waals surface area contributed by atoms with Gasteiger partial charge in [-0.1, -0.05) is 44.0 Å². The molecule has 0 saturated heterocycles. The highest BCUT2D eigenvalue weighted by atomic mass is 15.2. The van der Waals surface area contributed by atoms with Crippen LogP contribution in [0, 0.1) is 11.3 Å². The normalized spacial score (nSPS) is 17.6. The van der Waals surface area contributed by atoms with E-state index in [1.54, 1.807) is 0 Å². The summed E-state index contributed by atoms with van der Waals surface area (Å²) in [7, 11) is 0. The molecule has 1 aromatic carbocycles. The minimum Gasteiger partial charge on any atom is -0.352 e. The molecule has 1 aromatic rings. The second kappa shape index (κ2) is 5.54. The average molecular weight is 226 g/mol. The molecule has 0 aromatic heterocycles. The van der Waals surface area contributed by atoms with Crippen LogP contribution in [0.25, 0.3) is 6.08 Å². The zero-order valence-electron chi connectivity index (χ0n) is 10.3. The lowest BCUT2D eigenvalue weighted by molar-refractivity contribution is 0.669. The molecule has 1 atom stereocenters. The molecule has 0 radical (unpaired) electrons. The van der Waals surface area contributed by atoms with Crippen LogP contribution >= 0.6 is 0 Å². The van der Waals surface area contributed by atoms with Crippen LogP contribution in [0.4, 0.5) is 5.69 Å². The Morgan fingerprint density at radius 1 is 1.29 bits per heavy atom. The summed E-state index contributed by atoms with van der Waals surface area (Å²) < 4.78 is 0. The topological polar surface area (TPSA) is 27.0 Å². The minimum atomic E-state index is -0.109. The Morgan fingerprint density at radius 3 is 2.88 bits per heavy atom. The molecule has 17 heavy (non-hydrogen) atoms. The maximum absolute atomic E-state index is 9.20. The SMILES string of the molecule is CCCCCN1c2ccccc2C=CC1C#N. The average Bonchev–Trinajstić information content (AvgIpc) is 2.39. The highest BCUT2D eigenvalue weighted by Gasteiger charge is 2.20. The third kappa shape index (κ3) is 2.50. The first kappa shape index (κ1) is 11.7. The Bertz CT molecular complexity index is 442. The summed E-state index contributed by atoms with van der Waals surface area (Å²) in [4.78, 5) is 2.21. The summed E-state index contributed by atoms with van der Waals surface area (Å²) in [5.41, 5.74) is 2.41. The van der Waals surface area contributed by atoms with Crippen LogP contribution in [-0.2, 0) is 0 Å². The maximum Gasteiger partial charge on any atom is 0.136 e. The van der Waals surface area contributed by atoms with Crippen LogP contribution in [-0.4, -0.2) is 12.6 Å². The fourth-order valence-electron chi connectivity index (χ4n) is 2.24. The molecule has 88 valence electrons. The van der Waals surface area contributed by atoms with E-state index in [1.165, 1.54) is 24.1 Å². The quantitative estimate of drug-likeness (QED) is 0.733. The molecule has 2 nitrogen and oxygen atoms in total. The summed E-state index contributed by atoms with van der Waals surface area (Å²) in [6, 6.07) is 10.5. The summed E-state index contributed by atoms with van der Waals surface area (Å²) in [5, 5.41) is 9.20. The number of rotatable bonds is 4. The van der Waals surface area contributed by atoms with E-state index >= 15 is 0 Å². The molecule has 2 rings (SSSR count). The number of fused-ring (bicyclic) bond motifs is 1. The van der Waals surface area contributed by atoms with Crippen LogP contribution in [0.5, 0.6) is 0 Å². The van der Waals surface area contributed by atoms with Gasteiger partial charge in [-0.3, -0.25) is 0 Å². The Morgan fingerprint density at radius 2 is 2.12 bits per heavy atom. The van der Waals surface area contributed by atoms with E-state index in [2.05, 4.69) is 36.1 Å². The van der Waals surface area contributed by atoms with Crippen molar-refractivity contribution in [2.45, 2.75) is 32.2 Å². The molecule has 0 bridgehead atoms. The van der Waals surface area contributed by atoms with Gasteiger partial charge in [0, 0.05) is 12.2 Å². The van der Waals surface area contributed by atoms with Crippen molar-refractivity contribution in [3.05, 3.63) is 35.9 Å². The largest absolute Gasteiger partial charge is 0.352 e. The number of benzene rings is 1. The zero-order valence-corrected chi connectivity index (χ0v) is 10.3. The Labute approximate surface area is 103 Å². The van der Waals surface area contributed by atoms with Crippen molar-refractivity contribution < 1.29 is 0 Å². The van der Waals surface area contributed by atoms with E-state index in [-0.39, 0.29) is 6.04 Å². The molecule has 2 heteroatoms. The standard InChI is InChI=1S/C15H18N2/c1-2-3-6-11-17-14(12-16)10-9-13-7-4-5-8-15(13)17/h4-5,7-10,14H,2-3,6,11H2,1H3. The second-order valence-electron chi connectivity index (χ2n) is 4.39. The second-order valence-corrected chi connectivity index (χ2v) is 4.39. The van der Waals surface area contributed by atoms with Gasteiger partial charge in [-0.2, -0.15) is 5.26 Å². The van der Waals surface area contributed by atoms with Crippen molar-refractivity contribution in [1.82, 2.24) is 0 Å². The smallest absolute Gasteiger partial charge is 0.136 e. The number of unbranched alkanes of at least 4 members (excludes halogenated alkanes) is 2. The summed E-state index contributed by atoms with van der Waals surface area (Å²) in [6.07, 6.45) is 7.63. The van der Waals surface area contributed by atoms with Crippen molar-refractivity contribution in [1.29, 1.82) is 5.26 Å². The third-order valence-electron chi connectivity index (χ3n) is 3.17. The molecule has 0 aliphatic carbocycles. The molecule has 1 heterocycles. The van der Waals surface area contributed by atoms with Gasteiger partial charge >= 0.3 is 0 Å². The number of nitriles is 1. The predicted octanol–water partition coefficient (Wildman–Crippen LogP) is 3.60. The molecule has 0 fully saturated rings. The van der Waals surface area contributed by atoms with E-state index in [9.17, 15) is 5.26 Å². The fourth-order valence-corrected chi connectivity index (χ4v) is 2.24. The van der Waals surface area contributed by atoms with Gasteiger partial charge in [0.15, 0.2) is 0 Å². The lowest BCUT2D eigenvalue weighted by Crippen LogP contribution is -2.35. The Balaban J connectivity index is 2.20. The van der Waals surface area contributed by atoms with Crippen molar-refractivity contribution in [3.63, 3.8) is 0 Å². The molecule has 0 saturated carbocycles. The summed E-state index contributed by atoms with van der Waals surface area (Å²) in [5.74, 6) is 0. The first-order valence-electron chi connectivity index (χ1n) is 6.30.